The summed E-state index contributed by atoms with van der Waals surface area (Å²) in [4.78, 5) is 2.63. The number of rotatable bonds is 6. The maximum Gasteiger partial charge on any atom is 0.0105 e. The van der Waals surface area contributed by atoms with Crippen molar-refractivity contribution < 1.29 is 0 Å². The van der Waals surface area contributed by atoms with Crippen LogP contribution in [0.4, 0.5) is 0 Å². The third kappa shape index (κ3) is 4.06. The van der Waals surface area contributed by atoms with Crippen molar-refractivity contribution in [3.63, 3.8) is 0 Å². The van der Waals surface area contributed by atoms with Gasteiger partial charge in [-0.05, 0) is 45.8 Å². The fourth-order valence-corrected chi connectivity index (χ4v) is 2.76. The molecule has 1 saturated carbocycles. The van der Waals surface area contributed by atoms with Crippen LogP contribution >= 0.6 is 0 Å². The van der Waals surface area contributed by atoms with E-state index < -0.39 is 0 Å². The number of nitrogens with one attached hydrogen (secondary N) is 1. The first-order chi connectivity index (χ1) is 7.66. The summed E-state index contributed by atoms with van der Waals surface area (Å²) in [6.07, 6.45) is 7.14. The van der Waals surface area contributed by atoms with Gasteiger partial charge >= 0.3 is 0 Å². The van der Waals surface area contributed by atoms with Crippen molar-refractivity contribution in [2.75, 3.05) is 20.1 Å². The lowest BCUT2D eigenvalue weighted by molar-refractivity contribution is 0.113. The molecule has 96 valence electrons. The molecule has 1 N–H and O–H groups in total. The third-order valence-corrected chi connectivity index (χ3v) is 4.33. The van der Waals surface area contributed by atoms with Gasteiger partial charge in [0.2, 0.25) is 0 Å². The molecule has 0 spiro atoms. The molecule has 0 saturated heterocycles. The van der Waals surface area contributed by atoms with Gasteiger partial charge in [0.15, 0.2) is 0 Å². The number of hydrogen-bond acceptors (Lipinski definition) is 2. The van der Waals surface area contributed by atoms with Crippen LogP contribution in [0.2, 0.25) is 0 Å². The highest BCUT2D eigenvalue weighted by Crippen LogP contribution is 2.24. The van der Waals surface area contributed by atoms with E-state index in [-0.39, 0.29) is 0 Å². The summed E-state index contributed by atoms with van der Waals surface area (Å²) in [7, 11) is 2.32. The van der Waals surface area contributed by atoms with Gasteiger partial charge < -0.3 is 10.2 Å². The number of nitrogens with zero attached hydrogens (tertiary/aromatic N) is 1. The largest absolute Gasteiger partial charge is 0.317 e. The zero-order chi connectivity index (χ0) is 12.0. The maximum absolute atomic E-state index is 3.46. The Balaban J connectivity index is 2.35. The highest BCUT2D eigenvalue weighted by Gasteiger charge is 2.24. The Bertz CT molecular complexity index is 176. The zero-order valence-corrected chi connectivity index (χ0v) is 11.6. The van der Waals surface area contributed by atoms with Gasteiger partial charge in [-0.3, -0.25) is 0 Å². The van der Waals surface area contributed by atoms with Gasteiger partial charge in [-0.15, -0.1) is 0 Å². The SMILES string of the molecule is CCNCC(C)C(C)N(C)C1CCCCC1. The van der Waals surface area contributed by atoms with Gasteiger partial charge in [0.1, 0.15) is 0 Å². The molecule has 0 aromatic carbocycles. The van der Waals surface area contributed by atoms with E-state index in [2.05, 4.69) is 38.0 Å². The quantitative estimate of drug-likeness (QED) is 0.749. The lowest BCUT2D eigenvalue weighted by Crippen LogP contribution is -2.45. The van der Waals surface area contributed by atoms with E-state index in [1.165, 1.54) is 32.1 Å². The van der Waals surface area contributed by atoms with Gasteiger partial charge in [0, 0.05) is 12.1 Å². The summed E-state index contributed by atoms with van der Waals surface area (Å²) >= 11 is 0. The molecular weight excluding hydrogens is 196 g/mol. The second-order valence-electron chi connectivity index (χ2n) is 5.48. The standard InChI is InChI=1S/C14H30N2/c1-5-15-11-12(2)13(3)16(4)14-9-7-6-8-10-14/h12-15H,5-11H2,1-4H3. The zero-order valence-electron chi connectivity index (χ0n) is 11.6. The van der Waals surface area contributed by atoms with E-state index >= 15 is 0 Å². The van der Waals surface area contributed by atoms with E-state index in [0.717, 1.165) is 25.0 Å². The Morgan fingerprint density at radius 2 is 1.81 bits per heavy atom. The molecule has 0 amide bonds. The highest BCUT2D eigenvalue weighted by molar-refractivity contribution is 4.80. The van der Waals surface area contributed by atoms with Gasteiger partial charge in [-0.1, -0.05) is 33.1 Å². The minimum atomic E-state index is 0.696. The van der Waals surface area contributed by atoms with Crippen LogP contribution in [0.3, 0.4) is 0 Å². The Morgan fingerprint density at radius 3 is 2.38 bits per heavy atom. The molecule has 1 rings (SSSR count). The maximum atomic E-state index is 3.46. The first-order valence-corrected chi connectivity index (χ1v) is 7.09. The number of hydrogen-bond donors (Lipinski definition) is 1. The van der Waals surface area contributed by atoms with Crippen LogP contribution in [0.15, 0.2) is 0 Å². The molecule has 2 heteroatoms. The summed E-state index contributed by atoms with van der Waals surface area (Å²) in [5.74, 6) is 0.742. The molecule has 0 heterocycles. The van der Waals surface area contributed by atoms with E-state index in [1.54, 1.807) is 0 Å². The third-order valence-electron chi connectivity index (χ3n) is 4.33. The predicted molar refractivity (Wildman–Crippen MR) is 71.8 cm³/mol. The second-order valence-corrected chi connectivity index (χ2v) is 5.48. The van der Waals surface area contributed by atoms with Gasteiger partial charge in [0.05, 0.1) is 0 Å². The summed E-state index contributed by atoms with van der Waals surface area (Å²) in [6, 6.07) is 1.54. The van der Waals surface area contributed by atoms with Gasteiger partial charge in [0.25, 0.3) is 0 Å². The van der Waals surface area contributed by atoms with Crippen LogP contribution in [0.25, 0.3) is 0 Å². The minimum Gasteiger partial charge on any atom is -0.317 e. The molecule has 1 fully saturated rings. The van der Waals surface area contributed by atoms with E-state index in [9.17, 15) is 0 Å². The van der Waals surface area contributed by atoms with Crippen molar-refractivity contribution >= 4 is 0 Å². The van der Waals surface area contributed by atoms with Crippen LogP contribution in [0.5, 0.6) is 0 Å². The molecule has 0 radical (unpaired) electrons. The first kappa shape index (κ1) is 14.0. The van der Waals surface area contributed by atoms with Gasteiger partial charge in [-0.25, -0.2) is 0 Å². The lowest BCUT2D eigenvalue weighted by Gasteiger charge is -2.38. The van der Waals surface area contributed by atoms with Crippen LogP contribution in [-0.2, 0) is 0 Å². The second kappa shape index (κ2) is 7.29. The normalized spacial score (nSPS) is 22.3. The summed E-state index contributed by atoms with van der Waals surface area (Å²) in [5.41, 5.74) is 0. The van der Waals surface area contributed by atoms with Crippen molar-refractivity contribution in [3.8, 4) is 0 Å². The molecule has 0 aromatic rings. The van der Waals surface area contributed by atoms with E-state index in [0.29, 0.717) is 6.04 Å². The summed E-state index contributed by atoms with van der Waals surface area (Å²) in [5, 5.41) is 3.46. The fourth-order valence-electron chi connectivity index (χ4n) is 2.76. The molecule has 2 nitrogen and oxygen atoms in total. The predicted octanol–water partition coefficient (Wildman–Crippen LogP) is 2.89. The first-order valence-electron chi connectivity index (χ1n) is 7.09. The van der Waals surface area contributed by atoms with Gasteiger partial charge in [-0.2, -0.15) is 0 Å². The molecule has 2 unspecified atom stereocenters. The van der Waals surface area contributed by atoms with Crippen LogP contribution in [0.1, 0.15) is 52.9 Å². The Labute approximate surface area is 102 Å². The highest BCUT2D eigenvalue weighted by atomic mass is 15.2. The molecule has 0 aromatic heterocycles. The van der Waals surface area contributed by atoms with Crippen LogP contribution < -0.4 is 5.32 Å². The monoisotopic (exact) mass is 226 g/mol. The van der Waals surface area contributed by atoms with Crippen molar-refractivity contribution in [1.82, 2.24) is 10.2 Å². The van der Waals surface area contributed by atoms with Crippen LogP contribution in [-0.4, -0.2) is 37.1 Å². The molecule has 1 aliphatic rings. The Morgan fingerprint density at radius 1 is 1.19 bits per heavy atom. The summed E-state index contributed by atoms with van der Waals surface area (Å²) in [6.45, 7) is 9.17. The van der Waals surface area contributed by atoms with Crippen molar-refractivity contribution in [2.24, 2.45) is 5.92 Å². The molecular formula is C14H30N2. The molecule has 16 heavy (non-hydrogen) atoms. The van der Waals surface area contributed by atoms with E-state index in [4.69, 9.17) is 0 Å². The lowest BCUT2D eigenvalue weighted by atomic mass is 9.91. The van der Waals surface area contributed by atoms with Crippen molar-refractivity contribution in [2.45, 2.75) is 65.0 Å². The Hall–Kier alpha value is -0.0800. The molecule has 0 aliphatic heterocycles. The van der Waals surface area contributed by atoms with Crippen molar-refractivity contribution in [3.05, 3.63) is 0 Å². The average Bonchev–Trinajstić information content (AvgIpc) is 2.35. The smallest absolute Gasteiger partial charge is 0.0105 e. The summed E-state index contributed by atoms with van der Waals surface area (Å²) < 4.78 is 0. The molecule has 0 bridgehead atoms. The molecule has 2 atom stereocenters. The topological polar surface area (TPSA) is 15.3 Å². The minimum absolute atomic E-state index is 0.696. The van der Waals surface area contributed by atoms with Crippen molar-refractivity contribution in [1.29, 1.82) is 0 Å². The van der Waals surface area contributed by atoms with Crippen LogP contribution in [0, 0.1) is 5.92 Å². The fraction of sp³-hybridized carbons (Fsp3) is 1.00. The Kier molecular flexibility index (Phi) is 6.37. The van der Waals surface area contributed by atoms with E-state index in [1.807, 2.05) is 0 Å². The average molecular weight is 226 g/mol. The molecule has 1 aliphatic carbocycles.